The third-order valence-corrected chi connectivity index (χ3v) is 25.1. The summed E-state index contributed by atoms with van der Waals surface area (Å²) in [5, 5.41) is 39.1. The fraction of sp³-hybridized carbons (Fsp3) is 0.0818. The standard InChI is InChI=1S/C110H82N4/c1-109(2)99-42-22-40-86(106(99)96-62-71-29-11-12-30-72(71)65-100(96)109)77-32-20-33-80(59-77)103(114-108(112)70-27-9-6-10-28-70)56-50-79-64-95-89-37-16-15-35-87(89)88-36-17-18-38-92(88)104(95)93-54-47-74(61-94(79)93)73-44-45-75-63-97-101(66-82(75)58-73)110(3,4)98-41-21-39-85(105(97)98)76-31-19-23-67(57-76)43-55-102(113-107(111)69-25-7-5-8-26-69)81-49-51-84-78(60-81)48-53-90-83-34-14-13-24-68(83)46-52-91(84)90/h5-49,51-66,102,108,114H,50,112H2,1-4H3,(H2,111,113)/b55-43+,103-56-. The number of rotatable bonds is 14. The van der Waals surface area contributed by atoms with E-state index in [1.807, 2.05) is 30.3 Å². The maximum absolute atomic E-state index is 9.33. The Balaban J connectivity index is 0.647. The Morgan fingerprint density at radius 2 is 0.833 bits per heavy atom. The predicted molar refractivity (Wildman–Crippen MR) is 485 cm³/mol. The van der Waals surface area contributed by atoms with Gasteiger partial charge in [-0.1, -0.05) is 337 Å². The Labute approximate surface area is 664 Å². The third-order valence-electron chi connectivity index (χ3n) is 25.1. The van der Waals surface area contributed by atoms with Crippen LogP contribution in [0.2, 0.25) is 0 Å². The van der Waals surface area contributed by atoms with Gasteiger partial charge < -0.3 is 16.4 Å². The van der Waals surface area contributed by atoms with Gasteiger partial charge in [-0.15, -0.1) is 0 Å². The first-order valence-electron chi connectivity index (χ1n) is 39.9. The van der Waals surface area contributed by atoms with Crippen molar-refractivity contribution in [3.8, 4) is 55.6 Å². The zero-order valence-electron chi connectivity index (χ0n) is 64.2. The van der Waals surface area contributed by atoms with Crippen LogP contribution in [0.3, 0.4) is 0 Å². The second kappa shape index (κ2) is 27.0. The van der Waals surface area contributed by atoms with E-state index >= 15 is 0 Å². The molecule has 0 aliphatic heterocycles. The summed E-state index contributed by atoms with van der Waals surface area (Å²) < 4.78 is 0. The van der Waals surface area contributed by atoms with Crippen LogP contribution in [0.15, 0.2) is 364 Å². The molecule has 19 aromatic carbocycles. The number of hydrogen-bond donors (Lipinski definition) is 4. The van der Waals surface area contributed by atoms with Crippen LogP contribution >= 0.6 is 0 Å². The van der Waals surface area contributed by atoms with E-state index in [1.54, 1.807) is 0 Å². The van der Waals surface area contributed by atoms with Crippen molar-refractivity contribution in [3.63, 3.8) is 0 Å². The summed E-state index contributed by atoms with van der Waals surface area (Å²) >= 11 is 0. The summed E-state index contributed by atoms with van der Waals surface area (Å²) in [7, 11) is 0. The average Bonchev–Trinajstić information content (AvgIpc) is 1.64. The molecule has 5 N–H and O–H groups in total. The van der Waals surface area contributed by atoms with E-state index in [0.717, 1.165) is 44.6 Å². The van der Waals surface area contributed by atoms with E-state index in [1.165, 1.54) is 169 Å². The Morgan fingerprint density at radius 3 is 1.54 bits per heavy atom. The summed E-state index contributed by atoms with van der Waals surface area (Å²) in [5.41, 5.74) is 31.8. The van der Waals surface area contributed by atoms with E-state index in [2.05, 4.69) is 378 Å². The van der Waals surface area contributed by atoms with Gasteiger partial charge in [0.05, 0.1) is 6.04 Å². The lowest BCUT2D eigenvalue weighted by Gasteiger charge is -2.22. The van der Waals surface area contributed by atoms with Gasteiger partial charge in [0.25, 0.3) is 0 Å². The minimum atomic E-state index is -0.473. The van der Waals surface area contributed by atoms with Crippen LogP contribution in [0.5, 0.6) is 0 Å². The first kappa shape index (κ1) is 68.3. The highest BCUT2D eigenvalue weighted by molar-refractivity contribution is 6.32. The third kappa shape index (κ3) is 11.4. The molecule has 0 radical (unpaired) electrons. The topological polar surface area (TPSA) is 73.9 Å². The lowest BCUT2D eigenvalue weighted by atomic mass is 9.81. The Bertz CT molecular complexity index is 7300. The molecule has 21 rings (SSSR count). The summed E-state index contributed by atoms with van der Waals surface area (Å²) in [6.45, 7) is 9.54. The molecule has 0 saturated carbocycles. The monoisotopic (exact) mass is 1460 g/mol. The van der Waals surface area contributed by atoms with Crippen LogP contribution in [-0.2, 0) is 17.3 Å². The molecule has 0 amide bonds. The number of fused-ring (bicyclic) bond motifs is 21. The van der Waals surface area contributed by atoms with Crippen molar-refractivity contribution in [3.05, 3.63) is 420 Å². The molecule has 542 valence electrons. The van der Waals surface area contributed by atoms with Crippen molar-refractivity contribution in [1.82, 2.24) is 10.6 Å². The van der Waals surface area contributed by atoms with Crippen LogP contribution in [-0.4, -0.2) is 5.84 Å². The van der Waals surface area contributed by atoms with Crippen LogP contribution in [0, 0.1) is 5.41 Å². The van der Waals surface area contributed by atoms with E-state index in [0.29, 0.717) is 12.3 Å². The largest absolute Gasteiger partial charge is 0.366 e. The highest BCUT2D eigenvalue weighted by Crippen LogP contribution is 2.56. The number of nitrogens with one attached hydrogen (secondary N) is 3. The maximum atomic E-state index is 9.33. The number of amidine groups is 1. The normalized spacial score (nSPS) is 14.0. The molecule has 0 heterocycles. The first-order chi connectivity index (χ1) is 55.8. The van der Waals surface area contributed by atoms with Gasteiger partial charge in [-0.25, -0.2) is 0 Å². The van der Waals surface area contributed by atoms with E-state index in [9.17, 15) is 5.41 Å². The van der Waals surface area contributed by atoms with Gasteiger partial charge in [0.2, 0.25) is 0 Å². The molecule has 4 nitrogen and oxygen atoms in total. The van der Waals surface area contributed by atoms with Crippen molar-refractivity contribution in [2.24, 2.45) is 5.73 Å². The number of nitrogens with two attached hydrogens (primary N) is 1. The highest BCUT2D eigenvalue weighted by Gasteiger charge is 2.39. The predicted octanol–water partition coefficient (Wildman–Crippen LogP) is 27.9. The Morgan fingerprint density at radius 1 is 0.333 bits per heavy atom. The van der Waals surface area contributed by atoms with Crippen molar-refractivity contribution in [1.29, 1.82) is 5.41 Å². The molecular formula is C110H82N4. The fourth-order valence-corrected chi connectivity index (χ4v) is 19.3. The van der Waals surface area contributed by atoms with Crippen LogP contribution in [0.1, 0.15) is 95.5 Å². The molecule has 2 aliphatic carbocycles. The second-order valence-electron chi connectivity index (χ2n) is 32.4. The molecule has 0 bridgehead atoms. The zero-order valence-corrected chi connectivity index (χ0v) is 64.2. The smallest absolute Gasteiger partial charge is 0.126 e. The van der Waals surface area contributed by atoms with E-state index < -0.39 is 6.17 Å². The zero-order chi connectivity index (χ0) is 76.5. The lowest BCUT2D eigenvalue weighted by molar-refractivity contribution is 0.661. The van der Waals surface area contributed by atoms with Gasteiger partial charge in [0.15, 0.2) is 0 Å². The molecule has 2 atom stereocenters. The fourth-order valence-electron chi connectivity index (χ4n) is 19.3. The molecular weight excluding hydrogens is 1380 g/mol. The van der Waals surface area contributed by atoms with Gasteiger partial charge in [-0.05, 0) is 270 Å². The van der Waals surface area contributed by atoms with Gasteiger partial charge in [0, 0.05) is 22.1 Å². The van der Waals surface area contributed by atoms with Crippen LogP contribution in [0.25, 0.3) is 164 Å². The van der Waals surface area contributed by atoms with Crippen molar-refractivity contribution in [2.75, 3.05) is 0 Å². The van der Waals surface area contributed by atoms with Crippen molar-refractivity contribution in [2.45, 2.75) is 57.2 Å². The number of hydrogen-bond acceptors (Lipinski definition) is 3. The van der Waals surface area contributed by atoms with Gasteiger partial charge in [-0.2, -0.15) is 0 Å². The molecule has 4 heteroatoms. The molecule has 0 spiro atoms. The highest BCUT2D eigenvalue weighted by atomic mass is 15.0. The molecule has 19 aromatic rings. The molecule has 0 fully saturated rings. The van der Waals surface area contributed by atoms with Gasteiger partial charge >= 0.3 is 0 Å². The SMILES string of the molecule is CC1(C)c2cc3ccccc3cc2-c2c(-c3cccc(/C(=C/Cc4cc5c6ccccc6c6ccccc6c5c5ccc(-c6ccc7cc8c(cc7c6)C(C)(C)c6cccc(-c7cccc(/C=C/C(NC(=N)c9ccccc9)c9ccc%10c(ccc%11c%12ccccc%12ccc%10%11)c9)c7)c6-8)cc45)NC(N)c4ccccc4)c3)cccc21. The summed E-state index contributed by atoms with van der Waals surface area (Å²) in [6.07, 6.45) is 6.98. The number of allylic oxidation sites excluding steroid dienone is 1. The molecule has 114 heavy (non-hydrogen) atoms. The summed E-state index contributed by atoms with van der Waals surface area (Å²) in [6, 6.07) is 130. The van der Waals surface area contributed by atoms with E-state index in [-0.39, 0.29) is 16.9 Å². The maximum Gasteiger partial charge on any atom is 0.126 e. The summed E-state index contributed by atoms with van der Waals surface area (Å²) in [5.74, 6) is 0.372. The second-order valence-corrected chi connectivity index (χ2v) is 32.4. The Hall–Kier alpha value is -13.8. The minimum Gasteiger partial charge on any atom is -0.366 e. The van der Waals surface area contributed by atoms with Crippen LogP contribution in [0.4, 0.5) is 0 Å². The van der Waals surface area contributed by atoms with Crippen molar-refractivity contribution < 1.29 is 0 Å². The molecule has 2 aliphatic rings. The van der Waals surface area contributed by atoms with Gasteiger partial charge in [-0.3, -0.25) is 5.41 Å². The average molecular weight is 1460 g/mol. The molecule has 0 saturated heterocycles. The van der Waals surface area contributed by atoms with Crippen molar-refractivity contribution >= 4 is 115 Å². The van der Waals surface area contributed by atoms with E-state index in [4.69, 9.17) is 5.73 Å². The molecule has 2 unspecified atom stereocenters. The minimum absolute atomic E-state index is 0.170. The summed E-state index contributed by atoms with van der Waals surface area (Å²) in [4.78, 5) is 0. The quantitative estimate of drug-likeness (QED) is 0.0379. The number of benzene rings is 19. The molecule has 0 aromatic heterocycles. The Kier molecular flexibility index (Phi) is 16.2. The first-order valence-corrected chi connectivity index (χ1v) is 39.9. The van der Waals surface area contributed by atoms with Crippen LogP contribution < -0.4 is 16.4 Å². The van der Waals surface area contributed by atoms with Gasteiger partial charge in [0.1, 0.15) is 12.0 Å². The lowest BCUT2D eigenvalue weighted by Crippen LogP contribution is -2.27.